The number of aromatic amines is 1. The highest BCUT2D eigenvalue weighted by atomic mass is 35.5. The van der Waals surface area contributed by atoms with Gasteiger partial charge in [-0.25, -0.2) is 4.98 Å². The molecule has 2 N–H and O–H groups in total. The Kier molecular flexibility index (Phi) is 2.85. The SMILES string of the molecule is N#Cc1sc(NCc2ccn[nH]2)nc1Cl. The van der Waals surface area contributed by atoms with Gasteiger partial charge in [-0.05, 0) is 6.07 Å². The number of anilines is 1. The number of hydrogen-bond acceptors (Lipinski definition) is 5. The van der Waals surface area contributed by atoms with Crippen molar-refractivity contribution in [2.75, 3.05) is 5.32 Å². The Hall–Kier alpha value is -1.58. The summed E-state index contributed by atoms with van der Waals surface area (Å²) in [6.45, 7) is 0.578. The Balaban J connectivity index is 2.03. The Morgan fingerprint density at radius 2 is 2.53 bits per heavy atom. The van der Waals surface area contributed by atoms with Crippen LogP contribution in [0.4, 0.5) is 5.13 Å². The van der Waals surface area contributed by atoms with Gasteiger partial charge in [0.25, 0.3) is 0 Å². The number of nitrogens with one attached hydrogen (secondary N) is 2. The van der Waals surface area contributed by atoms with Crippen molar-refractivity contribution in [3.8, 4) is 6.07 Å². The molecule has 15 heavy (non-hydrogen) atoms. The molecule has 2 aromatic heterocycles. The zero-order valence-corrected chi connectivity index (χ0v) is 9.06. The molecule has 0 amide bonds. The Morgan fingerprint density at radius 3 is 3.13 bits per heavy atom. The number of nitrogens with zero attached hydrogens (tertiary/aromatic N) is 3. The van der Waals surface area contributed by atoms with E-state index in [4.69, 9.17) is 16.9 Å². The van der Waals surface area contributed by atoms with Crippen molar-refractivity contribution >= 4 is 28.1 Å². The molecule has 0 saturated carbocycles. The van der Waals surface area contributed by atoms with Gasteiger partial charge in [-0.1, -0.05) is 22.9 Å². The van der Waals surface area contributed by atoms with Crippen molar-refractivity contribution in [2.24, 2.45) is 0 Å². The highest BCUT2D eigenvalue weighted by molar-refractivity contribution is 7.16. The summed E-state index contributed by atoms with van der Waals surface area (Å²) in [5.74, 6) is 0. The van der Waals surface area contributed by atoms with Crippen molar-refractivity contribution in [1.29, 1.82) is 5.26 Å². The molecule has 0 aliphatic heterocycles. The first-order valence-corrected chi connectivity index (χ1v) is 5.27. The Bertz CT molecular complexity index is 484. The van der Waals surface area contributed by atoms with Crippen LogP contribution in [-0.4, -0.2) is 15.2 Å². The molecular formula is C8H6ClN5S. The van der Waals surface area contributed by atoms with Crippen molar-refractivity contribution in [3.63, 3.8) is 0 Å². The van der Waals surface area contributed by atoms with Gasteiger partial charge < -0.3 is 5.32 Å². The van der Waals surface area contributed by atoms with Gasteiger partial charge >= 0.3 is 0 Å². The molecular weight excluding hydrogens is 234 g/mol. The average Bonchev–Trinajstić information content (AvgIpc) is 2.83. The molecule has 0 spiro atoms. The van der Waals surface area contributed by atoms with Crippen LogP contribution in [0, 0.1) is 11.3 Å². The number of thiazole rings is 1. The van der Waals surface area contributed by atoms with E-state index in [2.05, 4.69) is 20.5 Å². The van der Waals surface area contributed by atoms with Crippen LogP contribution in [0.5, 0.6) is 0 Å². The van der Waals surface area contributed by atoms with Crippen LogP contribution in [0.25, 0.3) is 0 Å². The van der Waals surface area contributed by atoms with Crippen molar-refractivity contribution in [3.05, 3.63) is 28.0 Å². The van der Waals surface area contributed by atoms with Gasteiger partial charge in [-0.15, -0.1) is 0 Å². The van der Waals surface area contributed by atoms with E-state index in [0.717, 1.165) is 5.69 Å². The fourth-order valence-electron chi connectivity index (χ4n) is 1.00. The van der Waals surface area contributed by atoms with Gasteiger partial charge in [0, 0.05) is 6.20 Å². The van der Waals surface area contributed by atoms with Crippen LogP contribution < -0.4 is 5.32 Å². The van der Waals surface area contributed by atoms with E-state index >= 15 is 0 Å². The largest absolute Gasteiger partial charge is 0.356 e. The molecule has 5 nitrogen and oxygen atoms in total. The molecule has 0 radical (unpaired) electrons. The number of aromatic nitrogens is 3. The van der Waals surface area contributed by atoms with Crippen LogP contribution in [0.1, 0.15) is 10.6 Å². The predicted octanol–water partition coefficient (Wildman–Crippen LogP) is 2.00. The van der Waals surface area contributed by atoms with Gasteiger partial charge in [0.15, 0.2) is 10.3 Å². The summed E-state index contributed by atoms with van der Waals surface area (Å²) in [5, 5.41) is 19.2. The molecule has 2 heterocycles. The van der Waals surface area contributed by atoms with E-state index in [0.29, 0.717) is 16.6 Å². The summed E-state index contributed by atoms with van der Waals surface area (Å²) >= 11 is 6.95. The minimum absolute atomic E-state index is 0.245. The number of halogens is 1. The third-order valence-electron chi connectivity index (χ3n) is 1.68. The zero-order valence-electron chi connectivity index (χ0n) is 7.49. The molecule has 0 bridgehead atoms. The number of hydrogen-bond donors (Lipinski definition) is 2. The lowest BCUT2D eigenvalue weighted by atomic mass is 10.4. The standard InChI is InChI=1S/C8H6ClN5S/c9-7-6(3-10)15-8(13-7)11-4-5-1-2-12-14-5/h1-2H,4H2,(H,11,13)(H,12,14). The summed E-state index contributed by atoms with van der Waals surface area (Å²) in [6, 6.07) is 3.83. The van der Waals surface area contributed by atoms with Crippen molar-refractivity contribution in [1.82, 2.24) is 15.2 Å². The third kappa shape index (κ3) is 2.26. The van der Waals surface area contributed by atoms with E-state index in [1.54, 1.807) is 6.20 Å². The molecule has 2 rings (SSSR count). The maximum Gasteiger partial charge on any atom is 0.185 e. The Morgan fingerprint density at radius 1 is 1.67 bits per heavy atom. The van der Waals surface area contributed by atoms with E-state index in [1.807, 2.05) is 12.1 Å². The lowest BCUT2D eigenvalue weighted by Crippen LogP contribution is -1.98. The van der Waals surface area contributed by atoms with Gasteiger partial charge in [-0.2, -0.15) is 10.4 Å². The highest BCUT2D eigenvalue weighted by Gasteiger charge is 2.07. The van der Waals surface area contributed by atoms with E-state index in [9.17, 15) is 0 Å². The highest BCUT2D eigenvalue weighted by Crippen LogP contribution is 2.25. The minimum Gasteiger partial charge on any atom is -0.356 e. The van der Waals surface area contributed by atoms with Crippen molar-refractivity contribution < 1.29 is 0 Å². The van der Waals surface area contributed by atoms with Crippen LogP contribution in [0.2, 0.25) is 5.15 Å². The molecule has 0 unspecified atom stereocenters. The second kappa shape index (κ2) is 4.29. The number of H-pyrrole nitrogens is 1. The molecule has 7 heteroatoms. The van der Waals surface area contributed by atoms with Crippen molar-refractivity contribution in [2.45, 2.75) is 6.54 Å². The maximum absolute atomic E-state index is 8.68. The lowest BCUT2D eigenvalue weighted by Gasteiger charge is -1.97. The first-order valence-electron chi connectivity index (χ1n) is 4.08. The van der Waals surface area contributed by atoms with Gasteiger partial charge in [0.05, 0.1) is 12.2 Å². The van der Waals surface area contributed by atoms with Crippen LogP contribution in [-0.2, 0) is 6.54 Å². The fraction of sp³-hybridized carbons (Fsp3) is 0.125. The summed E-state index contributed by atoms with van der Waals surface area (Å²) in [7, 11) is 0. The van der Waals surface area contributed by atoms with E-state index in [1.165, 1.54) is 11.3 Å². The van der Waals surface area contributed by atoms with Gasteiger partial charge in [0.1, 0.15) is 10.9 Å². The molecule has 76 valence electrons. The summed E-state index contributed by atoms with van der Waals surface area (Å²) < 4.78 is 0. The van der Waals surface area contributed by atoms with Crippen LogP contribution in [0.3, 0.4) is 0 Å². The summed E-state index contributed by atoms with van der Waals surface area (Å²) in [6.07, 6.45) is 1.67. The van der Waals surface area contributed by atoms with Crippen LogP contribution in [0.15, 0.2) is 12.3 Å². The number of nitriles is 1. The second-order valence-corrected chi connectivity index (χ2v) is 4.04. The first-order chi connectivity index (χ1) is 7.29. The molecule has 0 aliphatic rings. The van der Waals surface area contributed by atoms with Gasteiger partial charge in [0.2, 0.25) is 0 Å². The van der Waals surface area contributed by atoms with E-state index < -0.39 is 0 Å². The molecule has 0 atom stereocenters. The minimum atomic E-state index is 0.245. The smallest absolute Gasteiger partial charge is 0.185 e. The molecule has 0 aliphatic carbocycles. The topological polar surface area (TPSA) is 77.4 Å². The first kappa shape index (κ1) is 9.96. The third-order valence-corrected chi connectivity index (χ3v) is 2.98. The second-order valence-electron chi connectivity index (χ2n) is 2.69. The molecule has 0 fully saturated rings. The summed E-state index contributed by atoms with van der Waals surface area (Å²) in [5.41, 5.74) is 0.944. The fourth-order valence-corrected chi connectivity index (χ4v) is 1.94. The quantitative estimate of drug-likeness (QED) is 0.859. The lowest BCUT2D eigenvalue weighted by molar-refractivity contribution is 0.979. The zero-order chi connectivity index (χ0) is 10.7. The molecule has 0 saturated heterocycles. The monoisotopic (exact) mass is 239 g/mol. The number of rotatable bonds is 3. The predicted molar refractivity (Wildman–Crippen MR) is 57.8 cm³/mol. The average molecular weight is 240 g/mol. The maximum atomic E-state index is 8.68. The molecule has 0 aromatic carbocycles. The van der Waals surface area contributed by atoms with E-state index in [-0.39, 0.29) is 5.15 Å². The summed E-state index contributed by atoms with van der Waals surface area (Å²) in [4.78, 5) is 4.42. The Labute approximate surface area is 94.7 Å². The van der Waals surface area contributed by atoms with Crippen LogP contribution >= 0.6 is 22.9 Å². The molecule has 2 aromatic rings. The normalized spacial score (nSPS) is 9.87. The van der Waals surface area contributed by atoms with Gasteiger partial charge in [-0.3, -0.25) is 5.10 Å².